The largest absolute Gasteiger partial charge is 0.497 e. The molecule has 4 heteroatoms. The zero-order chi connectivity index (χ0) is 13.8. The van der Waals surface area contributed by atoms with Gasteiger partial charge in [0.25, 0.3) is 0 Å². The Bertz CT molecular complexity index is 567. The number of hydrogen-bond donors (Lipinski definition) is 1. The van der Waals surface area contributed by atoms with Crippen molar-refractivity contribution < 1.29 is 19.0 Å². The summed E-state index contributed by atoms with van der Waals surface area (Å²) in [7, 11) is 1.55. The normalized spacial score (nSPS) is 12.0. The highest BCUT2D eigenvalue weighted by Crippen LogP contribution is 2.33. The Morgan fingerprint density at radius 3 is 2.47 bits per heavy atom. The molecule has 0 aliphatic heterocycles. The van der Waals surface area contributed by atoms with Crippen LogP contribution in [0.25, 0.3) is 0 Å². The predicted octanol–water partition coefficient (Wildman–Crippen LogP) is 3.68. The number of rotatable bonds is 4. The molecule has 0 aliphatic rings. The highest BCUT2D eigenvalue weighted by molar-refractivity contribution is 5.42. The van der Waals surface area contributed by atoms with Crippen molar-refractivity contribution in [2.75, 3.05) is 7.11 Å². The van der Waals surface area contributed by atoms with Gasteiger partial charge in [-0.25, -0.2) is 4.39 Å². The zero-order valence-electron chi connectivity index (χ0n) is 10.8. The van der Waals surface area contributed by atoms with Crippen molar-refractivity contribution in [3.05, 3.63) is 53.8 Å². The zero-order valence-corrected chi connectivity index (χ0v) is 10.8. The molecule has 19 heavy (non-hydrogen) atoms. The molecule has 2 rings (SSSR count). The SMILES string of the molecule is COc1cccc(Oc2c(F)cccc2[C@H](C)O)c1. The fraction of sp³-hybridized carbons (Fsp3) is 0.200. The van der Waals surface area contributed by atoms with Gasteiger partial charge in [0.2, 0.25) is 0 Å². The number of aliphatic hydroxyl groups excluding tert-OH is 1. The fourth-order valence-corrected chi connectivity index (χ4v) is 1.74. The van der Waals surface area contributed by atoms with Crippen LogP contribution in [0.15, 0.2) is 42.5 Å². The van der Waals surface area contributed by atoms with E-state index < -0.39 is 11.9 Å². The summed E-state index contributed by atoms with van der Waals surface area (Å²) in [5, 5.41) is 9.64. The van der Waals surface area contributed by atoms with E-state index in [-0.39, 0.29) is 5.75 Å². The molecule has 0 fully saturated rings. The van der Waals surface area contributed by atoms with Crippen LogP contribution in [0.5, 0.6) is 17.2 Å². The van der Waals surface area contributed by atoms with Crippen LogP contribution >= 0.6 is 0 Å². The molecule has 1 atom stereocenters. The second-order valence-electron chi connectivity index (χ2n) is 4.12. The van der Waals surface area contributed by atoms with Gasteiger partial charge >= 0.3 is 0 Å². The molecule has 2 aromatic rings. The summed E-state index contributed by atoms with van der Waals surface area (Å²) in [6.07, 6.45) is -0.809. The summed E-state index contributed by atoms with van der Waals surface area (Å²) in [4.78, 5) is 0. The monoisotopic (exact) mass is 262 g/mol. The maximum Gasteiger partial charge on any atom is 0.168 e. The number of para-hydroxylation sites is 1. The molecule has 0 bridgehead atoms. The average Bonchev–Trinajstić information content (AvgIpc) is 2.41. The van der Waals surface area contributed by atoms with Gasteiger partial charge in [-0.3, -0.25) is 0 Å². The van der Waals surface area contributed by atoms with Gasteiger partial charge in [-0.05, 0) is 25.1 Å². The van der Waals surface area contributed by atoms with E-state index in [1.165, 1.54) is 12.1 Å². The van der Waals surface area contributed by atoms with Crippen LogP contribution in [0.3, 0.4) is 0 Å². The van der Waals surface area contributed by atoms with Crippen molar-refractivity contribution in [3.63, 3.8) is 0 Å². The summed E-state index contributed by atoms with van der Waals surface area (Å²) in [6.45, 7) is 1.56. The van der Waals surface area contributed by atoms with Gasteiger partial charge in [-0.1, -0.05) is 18.2 Å². The minimum Gasteiger partial charge on any atom is -0.497 e. The molecule has 0 spiro atoms. The minimum atomic E-state index is -0.809. The molecule has 0 unspecified atom stereocenters. The summed E-state index contributed by atoms with van der Waals surface area (Å²) in [5.74, 6) is 0.589. The lowest BCUT2D eigenvalue weighted by Crippen LogP contribution is -1.98. The van der Waals surface area contributed by atoms with Crippen molar-refractivity contribution in [1.29, 1.82) is 0 Å². The number of halogens is 1. The van der Waals surface area contributed by atoms with Crippen molar-refractivity contribution in [2.45, 2.75) is 13.0 Å². The van der Waals surface area contributed by atoms with E-state index >= 15 is 0 Å². The Balaban J connectivity index is 2.37. The Labute approximate surface area is 111 Å². The molecule has 0 radical (unpaired) electrons. The van der Waals surface area contributed by atoms with Gasteiger partial charge in [0.1, 0.15) is 11.5 Å². The average molecular weight is 262 g/mol. The van der Waals surface area contributed by atoms with Crippen LogP contribution in [0, 0.1) is 5.82 Å². The number of ether oxygens (including phenoxy) is 2. The van der Waals surface area contributed by atoms with Crippen molar-refractivity contribution >= 4 is 0 Å². The quantitative estimate of drug-likeness (QED) is 0.913. The Kier molecular flexibility index (Phi) is 4.02. The molecule has 0 saturated carbocycles. The Hall–Kier alpha value is -2.07. The first-order valence-corrected chi connectivity index (χ1v) is 5.90. The van der Waals surface area contributed by atoms with Crippen LogP contribution in [-0.2, 0) is 0 Å². The van der Waals surface area contributed by atoms with Crippen molar-refractivity contribution in [3.8, 4) is 17.2 Å². The third-order valence-electron chi connectivity index (χ3n) is 2.71. The van der Waals surface area contributed by atoms with Crippen molar-refractivity contribution in [1.82, 2.24) is 0 Å². The Morgan fingerprint density at radius 1 is 1.11 bits per heavy atom. The van der Waals surface area contributed by atoms with Crippen molar-refractivity contribution in [2.24, 2.45) is 0 Å². The lowest BCUT2D eigenvalue weighted by Gasteiger charge is -2.14. The predicted molar refractivity (Wildman–Crippen MR) is 70.1 cm³/mol. The van der Waals surface area contributed by atoms with Crippen LogP contribution in [0.2, 0.25) is 0 Å². The van der Waals surface area contributed by atoms with Gasteiger partial charge in [0, 0.05) is 11.6 Å². The van der Waals surface area contributed by atoms with Crippen LogP contribution < -0.4 is 9.47 Å². The molecule has 3 nitrogen and oxygen atoms in total. The lowest BCUT2D eigenvalue weighted by molar-refractivity contribution is 0.194. The molecule has 2 aromatic carbocycles. The van der Waals surface area contributed by atoms with Gasteiger partial charge in [0.05, 0.1) is 13.2 Å². The van der Waals surface area contributed by atoms with Crippen LogP contribution in [0.1, 0.15) is 18.6 Å². The summed E-state index contributed by atoms with van der Waals surface area (Å²) < 4.78 is 24.4. The standard InChI is InChI=1S/C15H15FO3/c1-10(17)13-7-4-8-14(16)15(13)19-12-6-3-5-11(9-12)18-2/h3-10,17H,1-2H3/t10-/m0/s1. The first-order chi connectivity index (χ1) is 9.11. The van der Waals surface area contributed by atoms with E-state index in [4.69, 9.17) is 9.47 Å². The van der Waals surface area contributed by atoms with E-state index in [9.17, 15) is 9.50 Å². The molecular weight excluding hydrogens is 247 g/mol. The molecule has 0 aliphatic carbocycles. The highest BCUT2D eigenvalue weighted by Gasteiger charge is 2.14. The lowest BCUT2D eigenvalue weighted by atomic mass is 10.1. The molecule has 1 N–H and O–H groups in total. The van der Waals surface area contributed by atoms with Crippen LogP contribution in [-0.4, -0.2) is 12.2 Å². The maximum atomic E-state index is 13.8. The Morgan fingerprint density at radius 2 is 1.79 bits per heavy atom. The van der Waals surface area contributed by atoms with E-state index in [1.807, 2.05) is 0 Å². The topological polar surface area (TPSA) is 38.7 Å². The van der Waals surface area contributed by atoms with E-state index in [0.717, 1.165) is 0 Å². The number of benzene rings is 2. The molecule has 0 saturated heterocycles. The third kappa shape index (κ3) is 3.03. The molecule has 100 valence electrons. The maximum absolute atomic E-state index is 13.8. The number of methoxy groups -OCH3 is 1. The second-order valence-corrected chi connectivity index (χ2v) is 4.12. The smallest absolute Gasteiger partial charge is 0.168 e. The summed E-state index contributed by atoms with van der Waals surface area (Å²) >= 11 is 0. The number of hydrogen-bond acceptors (Lipinski definition) is 3. The first kappa shape index (κ1) is 13.4. The minimum absolute atomic E-state index is 0.0331. The highest BCUT2D eigenvalue weighted by atomic mass is 19.1. The molecular formula is C15H15FO3. The van der Waals surface area contributed by atoms with E-state index in [1.54, 1.807) is 44.4 Å². The van der Waals surface area contributed by atoms with E-state index in [2.05, 4.69) is 0 Å². The molecule has 0 amide bonds. The van der Waals surface area contributed by atoms with E-state index in [0.29, 0.717) is 17.1 Å². The van der Waals surface area contributed by atoms with Gasteiger partial charge < -0.3 is 14.6 Å². The van der Waals surface area contributed by atoms with Crippen LogP contribution in [0.4, 0.5) is 4.39 Å². The van der Waals surface area contributed by atoms with Gasteiger partial charge in [0.15, 0.2) is 11.6 Å². The summed E-state index contributed by atoms with van der Waals surface area (Å²) in [5.41, 5.74) is 0.405. The first-order valence-electron chi connectivity index (χ1n) is 5.90. The van der Waals surface area contributed by atoms with Gasteiger partial charge in [-0.2, -0.15) is 0 Å². The van der Waals surface area contributed by atoms with Gasteiger partial charge in [-0.15, -0.1) is 0 Å². The summed E-state index contributed by atoms with van der Waals surface area (Å²) in [6, 6.07) is 11.3. The third-order valence-corrected chi connectivity index (χ3v) is 2.71. The molecule has 0 aromatic heterocycles. The molecule has 0 heterocycles. The second kappa shape index (κ2) is 5.71. The fourth-order valence-electron chi connectivity index (χ4n) is 1.74. The number of aliphatic hydroxyl groups is 1.